The van der Waals surface area contributed by atoms with E-state index in [0.717, 1.165) is 29.9 Å². The number of rotatable bonds is 7. The minimum absolute atomic E-state index is 0.0612. The molecule has 0 radical (unpaired) electrons. The second kappa shape index (κ2) is 12.8. The van der Waals surface area contributed by atoms with Crippen LogP contribution in [0.1, 0.15) is 71.4 Å². The Hall–Kier alpha value is -2.72. The Morgan fingerprint density at radius 3 is 2.31 bits per heavy atom. The molecule has 1 amide bonds. The number of benzene rings is 1. The molecular weight excluding hydrogens is 575 g/mol. The fraction of sp³-hybridized carbons (Fsp3) is 0.639. The van der Waals surface area contributed by atoms with Crippen LogP contribution in [-0.2, 0) is 14.4 Å². The monoisotopic (exact) mass is 626 g/mol. The van der Waals surface area contributed by atoms with E-state index in [2.05, 4.69) is 24.1 Å². The minimum Gasteiger partial charge on any atom is -0.390 e. The van der Waals surface area contributed by atoms with E-state index in [1.165, 1.54) is 12.2 Å². The summed E-state index contributed by atoms with van der Waals surface area (Å²) in [5, 5.41) is 35.0. The fourth-order valence-electron chi connectivity index (χ4n) is 9.10. The summed E-state index contributed by atoms with van der Waals surface area (Å²) in [5.41, 5.74) is -2.00. The summed E-state index contributed by atoms with van der Waals surface area (Å²) in [5.74, 6) is -2.06. The zero-order valence-corrected chi connectivity index (χ0v) is 27.8. The van der Waals surface area contributed by atoms with E-state index in [0.29, 0.717) is 31.4 Å². The van der Waals surface area contributed by atoms with Gasteiger partial charge in [0, 0.05) is 22.4 Å². The molecule has 5 rings (SSSR count). The first kappa shape index (κ1) is 35.1. The van der Waals surface area contributed by atoms with Crippen molar-refractivity contribution in [3.63, 3.8) is 0 Å². The van der Waals surface area contributed by atoms with E-state index in [1.54, 1.807) is 26.8 Å². The van der Waals surface area contributed by atoms with Gasteiger partial charge in [-0.25, -0.2) is 4.39 Å². The average Bonchev–Trinajstić information content (AvgIpc) is 3.20. The number of likely N-dealkylation sites (N-methyl/N-ethyl adjacent to an activating group) is 1. The number of aryl methyl sites for hydroxylation is 2. The molecule has 248 valence electrons. The zero-order chi connectivity index (χ0) is 33.5. The molecule has 4 aliphatic rings. The predicted octanol–water partition coefficient (Wildman–Crippen LogP) is 4.48. The number of fused-ring (bicyclic) bond motifs is 5. The lowest BCUT2D eigenvalue weighted by molar-refractivity contribution is -0.219. The molecule has 8 atom stereocenters. The van der Waals surface area contributed by atoms with E-state index in [9.17, 15) is 29.7 Å². The molecule has 1 aromatic carbocycles. The highest BCUT2D eigenvalue weighted by molar-refractivity contribution is 6.01. The summed E-state index contributed by atoms with van der Waals surface area (Å²) in [6.45, 7) is 14.9. The first-order chi connectivity index (χ1) is 21.0. The quantitative estimate of drug-likeness (QED) is 0.352. The first-order valence-corrected chi connectivity index (χ1v) is 16.3. The highest BCUT2D eigenvalue weighted by atomic mass is 19.1. The van der Waals surface area contributed by atoms with Crippen molar-refractivity contribution in [2.75, 3.05) is 31.6 Å². The molecule has 3 unspecified atom stereocenters. The molecule has 0 aliphatic heterocycles. The number of halogens is 1. The van der Waals surface area contributed by atoms with E-state index in [1.807, 2.05) is 32.0 Å². The van der Waals surface area contributed by atoms with E-state index in [-0.39, 0.29) is 24.0 Å². The maximum atomic E-state index is 16.9. The lowest BCUT2D eigenvalue weighted by Gasteiger charge is -2.62. The third kappa shape index (κ3) is 5.53. The zero-order valence-electron chi connectivity index (χ0n) is 27.8. The molecule has 0 heterocycles. The van der Waals surface area contributed by atoms with Crippen LogP contribution in [0.2, 0.25) is 0 Å². The van der Waals surface area contributed by atoms with Crippen LogP contribution >= 0.6 is 0 Å². The Morgan fingerprint density at radius 1 is 1.11 bits per heavy atom. The summed E-state index contributed by atoms with van der Waals surface area (Å²) in [4.78, 5) is 38.4. The number of nitrogens with zero attached hydrogens (tertiary/aromatic N) is 1. The number of para-hydroxylation sites is 1. The number of allylic oxidation sites excluding steroid dienone is 4. The van der Waals surface area contributed by atoms with Crippen LogP contribution in [-0.4, -0.2) is 81.3 Å². The van der Waals surface area contributed by atoms with Gasteiger partial charge in [0.25, 0.3) is 0 Å². The number of Topliss-reactive ketones (excluding diaryl/α,β-unsaturated/α-hetero) is 1. The molecule has 0 aromatic heterocycles. The van der Waals surface area contributed by atoms with Crippen LogP contribution in [0.15, 0.2) is 42.0 Å². The number of aliphatic hydroxyl groups excluding tert-OH is 2. The highest BCUT2D eigenvalue weighted by Crippen LogP contribution is 2.70. The van der Waals surface area contributed by atoms with Crippen molar-refractivity contribution in [2.24, 2.45) is 28.6 Å². The van der Waals surface area contributed by atoms with Gasteiger partial charge in [-0.2, -0.15) is 0 Å². The summed E-state index contributed by atoms with van der Waals surface area (Å²) in [6, 6.07) is 6.03. The molecule has 0 bridgehead atoms. The fourth-order valence-corrected chi connectivity index (χ4v) is 9.10. The molecule has 45 heavy (non-hydrogen) atoms. The minimum atomic E-state index is -1.98. The van der Waals surface area contributed by atoms with Crippen molar-refractivity contribution in [3.8, 4) is 0 Å². The van der Waals surface area contributed by atoms with Crippen LogP contribution in [0, 0.1) is 42.4 Å². The number of nitrogens with one attached hydrogen (secondary N) is 1. The molecule has 1 aromatic rings. The maximum absolute atomic E-state index is 16.9. The van der Waals surface area contributed by atoms with E-state index in [4.69, 9.17) is 0 Å². The van der Waals surface area contributed by atoms with Crippen LogP contribution in [0.4, 0.5) is 10.1 Å². The van der Waals surface area contributed by atoms with Gasteiger partial charge < -0.3 is 20.6 Å². The number of ketones is 2. The largest absolute Gasteiger partial charge is 0.390 e. The third-order valence-corrected chi connectivity index (χ3v) is 11.8. The average molecular weight is 627 g/mol. The number of anilines is 1. The molecule has 0 saturated heterocycles. The molecular formula is C36H51FN2O6. The SMILES string of the molecule is CCN(CC)CC(=O)Nc1c(C)cccc1C.C[C@@H]1C[C@H]2C3CCC4=CC(=O)C=CC4(C)[C@@]3(F)[C@@H](O)CC2(C)[C@@]1(O)C(=O)CO. The van der Waals surface area contributed by atoms with Crippen LogP contribution < -0.4 is 5.32 Å². The Bertz CT molecular complexity index is 1370. The van der Waals surface area contributed by atoms with Crippen molar-refractivity contribution in [1.29, 1.82) is 0 Å². The predicted molar refractivity (Wildman–Crippen MR) is 172 cm³/mol. The highest BCUT2D eigenvalue weighted by Gasteiger charge is 2.75. The van der Waals surface area contributed by atoms with E-state index >= 15 is 4.39 Å². The van der Waals surface area contributed by atoms with Crippen LogP contribution in [0.25, 0.3) is 0 Å². The van der Waals surface area contributed by atoms with Crippen molar-refractivity contribution < 1.29 is 34.1 Å². The maximum Gasteiger partial charge on any atom is 0.238 e. The molecule has 3 fully saturated rings. The number of amides is 1. The lowest BCUT2D eigenvalue weighted by Crippen LogP contribution is -2.69. The molecule has 8 nitrogen and oxygen atoms in total. The molecule has 9 heteroatoms. The number of aliphatic hydroxyl groups is 3. The Balaban J connectivity index is 0.000000233. The second-order valence-corrected chi connectivity index (χ2v) is 14.0. The second-order valence-electron chi connectivity index (χ2n) is 14.0. The first-order valence-electron chi connectivity index (χ1n) is 16.3. The van der Waals surface area contributed by atoms with Gasteiger partial charge in [0.1, 0.15) is 12.2 Å². The number of alkyl halides is 1. The molecule has 4 N–H and O–H groups in total. The van der Waals surface area contributed by atoms with Gasteiger partial charge in [-0.15, -0.1) is 0 Å². The van der Waals surface area contributed by atoms with Crippen molar-refractivity contribution in [2.45, 2.75) is 91.5 Å². The Morgan fingerprint density at radius 2 is 1.73 bits per heavy atom. The lowest BCUT2D eigenvalue weighted by atomic mass is 9.44. The topological polar surface area (TPSA) is 127 Å². The molecule has 4 aliphatic carbocycles. The third-order valence-electron chi connectivity index (χ3n) is 11.8. The van der Waals surface area contributed by atoms with Gasteiger partial charge in [0.05, 0.1) is 12.6 Å². The summed E-state index contributed by atoms with van der Waals surface area (Å²) < 4.78 is 16.9. The summed E-state index contributed by atoms with van der Waals surface area (Å²) in [7, 11) is 0. The van der Waals surface area contributed by atoms with Gasteiger partial charge in [0.2, 0.25) is 5.91 Å². The van der Waals surface area contributed by atoms with Crippen molar-refractivity contribution in [3.05, 3.63) is 53.1 Å². The standard InChI is InChI=1S/C22H29FO5.C14H22N2O/c1-12-8-16-15-5-4-13-9-14(25)6-7-19(13,2)21(15,23)17(26)10-20(16,3)22(12,28)18(27)11-24;1-5-16(6-2)10-13(17)15-14-11(3)8-7-9-12(14)4/h6-7,9,12,15-17,24,26,28H,4-5,8,10-11H2,1-3H3;7-9H,5-6,10H2,1-4H3,(H,15,17)/t12-,15?,16+,17+,19?,20?,21+,22+;/m1./s1. The number of carbonyl (C=O) groups excluding carboxylic acids is 3. The van der Waals surface area contributed by atoms with Crippen LogP contribution in [0.5, 0.6) is 0 Å². The molecule has 3 saturated carbocycles. The normalized spacial score (nSPS) is 36.7. The summed E-state index contributed by atoms with van der Waals surface area (Å²) in [6.07, 6.45) is 4.44. The molecule has 0 spiro atoms. The van der Waals surface area contributed by atoms with Crippen molar-refractivity contribution >= 4 is 23.2 Å². The van der Waals surface area contributed by atoms with Gasteiger partial charge in [0.15, 0.2) is 17.2 Å². The van der Waals surface area contributed by atoms with Gasteiger partial charge in [-0.1, -0.05) is 57.5 Å². The smallest absolute Gasteiger partial charge is 0.238 e. The Kier molecular flexibility index (Phi) is 10.0. The van der Waals surface area contributed by atoms with Gasteiger partial charge >= 0.3 is 0 Å². The van der Waals surface area contributed by atoms with Gasteiger partial charge in [-0.3, -0.25) is 19.3 Å². The number of hydrogen-bond donors (Lipinski definition) is 4. The van der Waals surface area contributed by atoms with Crippen LogP contribution in [0.3, 0.4) is 0 Å². The summed E-state index contributed by atoms with van der Waals surface area (Å²) >= 11 is 0. The Labute approximate surface area is 266 Å². The van der Waals surface area contributed by atoms with Gasteiger partial charge in [-0.05, 0) is 94.7 Å². The van der Waals surface area contributed by atoms with Crippen molar-refractivity contribution in [1.82, 2.24) is 4.90 Å². The van der Waals surface area contributed by atoms with E-state index < -0.39 is 52.4 Å². The number of carbonyl (C=O) groups is 3. The number of hydrogen-bond acceptors (Lipinski definition) is 7.